The van der Waals surface area contributed by atoms with Gasteiger partial charge < -0.3 is 4.74 Å². The molecular formula is C15H20O2. The largest absolute Gasteiger partial charge is 0.493 e. The third-order valence-electron chi connectivity index (χ3n) is 2.48. The highest BCUT2D eigenvalue weighted by atomic mass is 16.5. The summed E-state index contributed by atoms with van der Waals surface area (Å²) in [7, 11) is 0. The topological polar surface area (TPSA) is 26.3 Å². The molecular weight excluding hydrogens is 212 g/mol. The van der Waals surface area contributed by atoms with Gasteiger partial charge in [0.25, 0.3) is 0 Å². The minimum absolute atomic E-state index is 0.140. The molecule has 0 unspecified atom stereocenters. The molecule has 0 saturated carbocycles. The van der Waals surface area contributed by atoms with Crippen molar-refractivity contribution < 1.29 is 9.53 Å². The summed E-state index contributed by atoms with van der Waals surface area (Å²) in [5, 5.41) is 0. The smallest absolute Gasteiger partial charge is 0.155 e. The second-order valence-electron chi connectivity index (χ2n) is 4.03. The van der Waals surface area contributed by atoms with E-state index < -0.39 is 0 Å². The molecule has 2 heteroatoms. The molecule has 0 fully saturated rings. The lowest BCUT2D eigenvalue weighted by atomic mass is 10.1. The van der Waals surface area contributed by atoms with Crippen LogP contribution in [0.4, 0.5) is 0 Å². The fourth-order valence-electron chi connectivity index (χ4n) is 1.39. The third kappa shape index (κ3) is 4.43. The van der Waals surface area contributed by atoms with Crippen LogP contribution in [0.5, 0.6) is 5.75 Å². The summed E-state index contributed by atoms with van der Waals surface area (Å²) >= 11 is 0. The molecule has 0 heterocycles. The van der Waals surface area contributed by atoms with Crippen LogP contribution in [0.2, 0.25) is 0 Å². The average molecular weight is 232 g/mol. The summed E-state index contributed by atoms with van der Waals surface area (Å²) < 4.78 is 5.64. The van der Waals surface area contributed by atoms with E-state index in [4.69, 9.17) is 4.74 Å². The van der Waals surface area contributed by atoms with Gasteiger partial charge in [-0.05, 0) is 36.6 Å². The molecule has 0 atom stereocenters. The summed E-state index contributed by atoms with van der Waals surface area (Å²) in [6.45, 7) is 6.69. The molecule has 2 nitrogen and oxygen atoms in total. The number of rotatable bonds is 6. The van der Waals surface area contributed by atoms with E-state index in [1.54, 1.807) is 6.08 Å². The molecule has 0 aromatic heterocycles. The van der Waals surface area contributed by atoms with Crippen LogP contribution in [0.1, 0.15) is 37.8 Å². The number of hydrogen-bond acceptors (Lipinski definition) is 2. The lowest BCUT2D eigenvalue weighted by Crippen LogP contribution is -1.97. The molecule has 0 bridgehead atoms. The van der Waals surface area contributed by atoms with Crippen molar-refractivity contribution in [2.75, 3.05) is 6.61 Å². The molecule has 0 saturated heterocycles. The van der Waals surface area contributed by atoms with Crippen molar-refractivity contribution in [1.29, 1.82) is 0 Å². The highest BCUT2D eigenvalue weighted by Gasteiger charge is 2.00. The summed E-state index contributed by atoms with van der Waals surface area (Å²) in [5.74, 6) is 1.04. The molecule has 17 heavy (non-hydrogen) atoms. The fraction of sp³-hybridized carbons (Fsp3) is 0.400. The maximum atomic E-state index is 11.2. The number of carbonyl (C=O) groups is 1. The van der Waals surface area contributed by atoms with Gasteiger partial charge in [0.05, 0.1) is 6.61 Å². The second-order valence-corrected chi connectivity index (χ2v) is 4.03. The minimum Gasteiger partial charge on any atom is -0.493 e. The molecule has 1 aromatic rings. The van der Waals surface area contributed by atoms with E-state index in [-0.39, 0.29) is 5.78 Å². The number of allylic oxidation sites excluding steroid dienone is 1. The van der Waals surface area contributed by atoms with Gasteiger partial charge in [0.15, 0.2) is 5.78 Å². The average Bonchev–Trinajstić information content (AvgIpc) is 2.35. The van der Waals surface area contributed by atoms with E-state index in [2.05, 4.69) is 6.92 Å². The van der Waals surface area contributed by atoms with Gasteiger partial charge >= 0.3 is 0 Å². The third-order valence-corrected chi connectivity index (χ3v) is 2.48. The standard InChI is InChI=1S/C15H20O2/c1-4-10-17-15-11-13(7-6-12(15)3)8-9-14(16)5-2/h6-9,11H,4-5,10H2,1-3H3/b9-8+. The van der Waals surface area contributed by atoms with Crippen molar-refractivity contribution in [3.05, 3.63) is 35.4 Å². The number of ether oxygens (including phenoxy) is 1. The Balaban J connectivity index is 2.80. The van der Waals surface area contributed by atoms with Crippen molar-refractivity contribution in [3.8, 4) is 5.75 Å². The van der Waals surface area contributed by atoms with E-state index in [0.29, 0.717) is 6.42 Å². The highest BCUT2D eigenvalue weighted by Crippen LogP contribution is 2.20. The van der Waals surface area contributed by atoms with Gasteiger partial charge in [0.1, 0.15) is 5.75 Å². The SMILES string of the molecule is CCCOc1cc(/C=C/C(=O)CC)ccc1C. The van der Waals surface area contributed by atoms with Gasteiger partial charge in [-0.25, -0.2) is 0 Å². The van der Waals surface area contributed by atoms with Crippen molar-refractivity contribution in [2.24, 2.45) is 0 Å². The predicted molar refractivity (Wildman–Crippen MR) is 71.3 cm³/mol. The molecule has 1 rings (SSSR count). The molecule has 0 spiro atoms. The zero-order chi connectivity index (χ0) is 12.7. The quantitative estimate of drug-likeness (QED) is 0.698. The Morgan fingerprint density at radius 1 is 1.35 bits per heavy atom. The van der Waals surface area contributed by atoms with E-state index in [0.717, 1.165) is 29.9 Å². The number of carbonyl (C=O) groups excluding carboxylic acids is 1. The van der Waals surface area contributed by atoms with Crippen LogP contribution in [-0.4, -0.2) is 12.4 Å². The number of benzene rings is 1. The van der Waals surface area contributed by atoms with Crippen molar-refractivity contribution in [2.45, 2.75) is 33.6 Å². The van der Waals surface area contributed by atoms with Gasteiger partial charge in [-0.1, -0.05) is 32.1 Å². The first-order valence-corrected chi connectivity index (χ1v) is 6.11. The maximum absolute atomic E-state index is 11.2. The number of hydrogen-bond donors (Lipinski definition) is 0. The molecule has 92 valence electrons. The lowest BCUT2D eigenvalue weighted by molar-refractivity contribution is -0.114. The van der Waals surface area contributed by atoms with Crippen LogP contribution in [-0.2, 0) is 4.79 Å². The Morgan fingerprint density at radius 2 is 2.12 bits per heavy atom. The maximum Gasteiger partial charge on any atom is 0.155 e. The lowest BCUT2D eigenvalue weighted by Gasteiger charge is -2.08. The summed E-state index contributed by atoms with van der Waals surface area (Å²) in [5.41, 5.74) is 2.13. The zero-order valence-corrected chi connectivity index (χ0v) is 10.8. The summed E-state index contributed by atoms with van der Waals surface area (Å²) in [6.07, 6.45) is 4.99. The highest BCUT2D eigenvalue weighted by molar-refractivity contribution is 5.93. The Bertz CT molecular complexity index is 405. The Hall–Kier alpha value is -1.57. The van der Waals surface area contributed by atoms with Crippen molar-refractivity contribution in [1.82, 2.24) is 0 Å². The van der Waals surface area contributed by atoms with Crippen molar-refractivity contribution in [3.63, 3.8) is 0 Å². The number of aryl methyl sites for hydroxylation is 1. The molecule has 0 amide bonds. The van der Waals surface area contributed by atoms with Crippen LogP contribution in [0, 0.1) is 6.92 Å². The molecule has 0 aliphatic heterocycles. The van der Waals surface area contributed by atoms with Gasteiger partial charge in [0, 0.05) is 6.42 Å². The normalized spacial score (nSPS) is 10.8. The van der Waals surface area contributed by atoms with Crippen LogP contribution in [0.25, 0.3) is 6.08 Å². The van der Waals surface area contributed by atoms with Crippen LogP contribution < -0.4 is 4.74 Å². The van der Waals surface area contributed by atoms with Gasteiger partial charge in [-0.15, -0.1) is 0 Å². The van der Waals surface area contributed by atoms with E-state index >= 15 is 0 Å². The molecule has 0 aliphatic rings. The van der Waals surface area contributed by atoms with Crippen LogP contribution in [0.15, 0.2) is 24.3 Å². The fourth-order valence-corrected chi connectivity index (χ4v) is 1.39. The zero-order valence-electron chi connectivity index (χ0n) is 10.8. The first-order chi connectivity index (χ1) is 8.17. The summed E-state index contributed by atoms with van der Waals surface area (Å²) in [6, 6.07) is 5.99. The van der Waals surface area contributed by atoms with Gasteiger partial charge in [-0.3, -0.25) is 4.79 Å². The Morgan fingerprint density at radius 3 is 2.76 bits per heavy atom. The van der Waals surface area contributed by atoms with Crippen LogP contribution in [0.3, 0.4) is 0 Å². The molecule has 0 aliphatic carbocycles. The summed E-state index contributed by atoms with van der Waals surface area (Å²) in [4.78, 5) is 11.2. The Kier molecular flexibility index (Phi) is 5.47. The first-order valence-electron chi connectivity index (χ1n) is 6.11. The second kappa shape index (κ2) is 6.89. The van der Waals surface area contributed by atoms with E-state index in [1.807, 2.05) is 38.1 Å². The predicted octanol–water partition coefficient (Wildman–Crippen LogP) is 3.78. The molecule has 0 radical (unpaired) electrons. The van der Waals surface area contributed by atoms with Gasteiger partial charge in [0.2, 0.25) is 0 Å². The van der Waals surface area contributed by atoms with E-state index in [9.17, 15) is 4.79 Å². The van der Waals surface area contributed by atoms with Crippen molar-refractivity contribution >= 4 is 11.9 Å². The Labute approximate surface area is 103 Å². The van der Waals surface area contributed by atoms with E-state index in [1.165, 1.54) is 0 Å². The first kappa shape index (κ1) is 13.5. The minimum atomic E-state index is 0.140. The molecule has 1 aromatic carbocycles. The van der Waals surface area contributed by atoms with Crippen LogP contribution >= 0.6 is 0 Å². The number of ketones is 1. The monoisotopic (exact) mass is 232 g/mol. The molecule has 0 N–H and O–H groups in total. The van der Waals surface area contributed by atoms with Gasteiger partial charge in [-0.2, -0.15) is 0 Å².